The Bertz CT molecular complexity index is 1190. The van der Waals surface area contributed by atoms with Crippen molar-refractivity contribution in [2.75, 3.05) is 11.9 Å². The van der Waals surface area contributed by atoms with Gasteiger partial charge in [0, 0.05) is 38.7 Å². The molecular formula is C23H26N6O2. The monoisotopic (exact) mass is 418 g/mol. The quantitative estimate of drug-likeness (QED) is 0.709. The highest BCUT2D eigenvalue weighted by atomic mass is 16.2. The van der Waals surface area contributed by atoms with E-state index in [1.807, 2.05) is 48.1 Å². The van der Waals surface area contributed by atoms with E-state index >= 15 is 0 Å². The first-order valence-corrected chi connectivity index (χ1v) is 10.6. The van der Waals surface area contributed by atoms with E-state index in [1.165, 1.54) is 0 Å². The summed E-state index contributed by atoms with van der Waals surface area (Å²) in [6.07, 6.45) is 4.10. The number of carbonyl (C=O) groups is 2. The SMILES string of the molecule is CC(C)c1cc(C(=O)N2CC[C@]3(C(=O)Nc4ccccc43)[C@@H]2c2nccn2C)n(C)n1. The zero-order chi connectivity index (χ0) is 21.9. The van der Waals surface area contributed by atoms with Crippen molar-refractivity contribution in [2.45, 2.75) is 37.6 Å². The maximum atomic E-state index is 13.8. The third-order valence-electron chi connectivity index (χ3n) is 6.66. The first-order valence-electron chi connectivity index (χ1n) is 10.6. The van der Waals surface area contributed by atoms with Crippen LogP contribution in [0.3, 0.4) is 0 Å². The molecule has 1 spiro atoms. The van der Waals surface area contributed by atoms with Crippen LogP contribution in [-0.2, 0) is 24.3 Å². The number of rotatable bonds is 3. The van der Waals surface area contributed by atoms with Crippen LogP contribution < -0.4 is 5.32 Å². The molecule has 0 unspecified atom stereocenters. The van der Waals surface area contributed by atoms with Crippen LogP contribution >= 0.6 is 0 Å². The molecule has 0 radical (unpaired) electrons. The van der Waals surface area contributed by atoms with Crippen LogP contribution in [-0.4, -0.2) is 42.6 Å². The van der Waals surface area contributed by atoms with Gasteiger partial charge in [0.15, 0.2) is 0 Å². The summed E-state index contributed by atoms with van der Waals surface area (Å²) in [5, 5.41) is 7.56. The standard InChI is InChI=1S/C23H26N6O2/c1-14(2)17-13-18(28(4)26-17)21(30)29-11-9-23(19(29)20-24-10-12-27(20)3)15-7-5-6-8-16(15)25-22(23)31/h5-8,10,12-14,19H,9,11H2,1-4H3,(H,25,31)/t19-,23+/m0/s1. The predicted molar refractivity (Wildman–Crippen MR) is 116 cm³/mol. The van der Waals surface area contributed by atoms with Crippen molar-refractivity contribution in [3.05, 3.63) is 65.5 Å². The van der Waals surface area contributed by atoms with E-state index in [0.717, 1.165) is 16.9 Å². The third-order valence-corrected chi connectivity index (χ3v) is 6.66. The third kappa shape index (κ3) is 2.67. The van der Waals surface area contributed by atoms with Crippen LogP contribution in [0.1, 0.15) is 59.8 Å². The second-order valence-electron chi connectivity index (χ2n) is 8.75. The first-order chi connectivity index (χ1) is 14.8. The lowest BCUT2D eigenvalue weighted by Gasteiger charge is -2.33. The van der Waals surface area contributed by atoms with E-state index in [1.54, 1.807) is 22.8 Å². The van der Waals surface area contributed by atoms with Crippen LogP contribution in [0.15, 0.2) is 42.7 Å². The number of aryl methyl sites for hydroxylation is 2. The highest BCUT2D eigenvalue weighted by Gasteiger charge is 2.60. The van der Waals surface area contributed by atoms with Crippen LogP contribution in [0.5, 0.6) is 0 Å². The van der Waals surface area contributed by atoms with Gasteiger partial charge in [0.25, 0.3) is 5.91 Å². The largest absolute Gasteiger partial charge is 0.336 e. The van der Waals surface area contributed by atoms with Gasteiger partial charge < -0.3 is 14.8 Å². The molecule has 0 aliphatic carbocycles. The fourth-order valence-electron chi connectivity index (χ4n) is 5.02. The lowest BCUT2D eigenvalue weighted by Crippen LogP contribution is -2.44. The zero-order valence-electron chi connectivity index (χ0n) is 18.2. The number of imidazole rings is 1. The molecule has 0 bridgehead atoms. The number of benzene rings is 1. The Hall–Kier alpha value is -3.42. The molecule has 1 aromatic carbocycles. The summed E-state index contributed by atoms with van der Waals surface area (Å²) >= 11 is 0. The van der Waals surface area contributed by atoms with Gasteiger partial charge in [0.1, 0.15) is 23.0 Å². The molecule has 0 saturated carbocycles. The lowest BCUT2D eigenvalue weighted by atomic mass is 9.74. The van der Waals surface area contributed by atoms with Crippen molar-refractivity contribution in [3.63, 3.8) is 0 Å². The number of hydrogen-bond donors (Lipinski definition) is 1. The molecule has 160 valence electrons. The second kappa shape index (κ2) is 6.80. The van der Waals surface area contributed by atoms with E-state index < -0.39 is 11.5 Å². The summed E-state index contributed by atoms with van der Waals surface area (Å²) in [6.45, 7) is 4.57. The molecule has 2 amide bonds. The van der Waals surface area contributed by atoms with Gasteiger partial charge in [-0.25, -0.2) is 4.98 Å². The Kier molecular flexibility index (Phi) is 4.28. The maximum absolute atomic E-state index is 13.8. The number of nitrogens with one attached hydrogen (secondary N) is 1. The molecule has 2 aliphatic rings. The number of fused-ring (bicyclic) bond motifs is 2. The molecule has 2 atom stereocenters. The number of anilines is 1. The molecule has 1 fully saturated rings. The summed E-state index contributed by atoms with van der Waals surface area (Å²) in [5.41, 5.74) is 2.26. The number of aromatic nitrogens is 4. The van der Waals surface area contributed by atoms with Crippen LogP contribution in [0.25, 0.3) is 0 Å². The number of nitrogens with zero attached hydrogens (tertiary/aromatic N) is 5. The number of carbonyl (C=O) groups excluding carboxylic acids is 2. The second-order valence-corrected chi connectivity index (χ2v) is 8.75. The van der Waals surface area contributed by atoms with E-state index in [9.17, 15) is 9.59 Å². The van der Waals surface area contributed by atoms with Gasteiger partial charge in [0.05, 0.1) is 5.69 Å². The van der Waals surface area contributed by atoms with Gasteiger partial charge in [0.2, 0.25) is 5.91 Å². The smallest absolute Gasteiger partial charge is 0.272 e. The summed E-state index contributed by atoms with van der Waals surface area (Å²) in [7, 11) is 3.69. The minimum atomic E-state index is -0.870. The Labute approximate surface area is 180 Å². The minimum absolute atomic E-state index is 0.0788. The number of likely N-dealkylation sites (tertiary alicyclic amines) is 1. The molecule has 2 aromatic heterocycles. The van der Waals surface area contributed by atoms with Crippen LogP contribution in [0, 0.1) is 0 Å². The lowest BCUT2D eigenvalue weighted by molar-refractivity contribution is -0.121. The maximum Gasteiger partial charge on any atom is 0.272 e. The highest BCUT2D eigenvalue weighted by Crippen LogP contribution is 2.54. The Morgan fingerprint density at radius 2 is 2.03 bits per heavy atom. The average Bonchev–Trinajstić information content (AvgIpc) is 3.49. The van der Waals surface area contributed by atoms with Gasteiger partial charge in [-0.05, 0) is 30.0 Å². The van der Waals surface area contributed by atoms with Gasteiger partial charge in [-0.2, -0.15) is 5.10 Å². The summed E-state index contributed by atoms with van der Waals surface area (Å²) in [4.78, 5) is 33.6. The minimum Gasteiger partial charge on any atom is -0.336 e. The van der Waals surface area contributed by atoms with Gasteiger partial charge >= 0.3 is 0 Å². The van der Waals surface area contributed by atoms with Gasteiger partial charge in [-0.1, -0.05) is 32.0 Å². The zero-order valence-corrected chi connectivity index (χ0v) is 18.2. The topological polar surface area (TPSA) is 85.0 Å². The first kappa shape index (κ1) is 19.5. The fourth-order valence-corrected chi connectivity index (χ4v) is 5.02. The van der Waals surface area contributed by atoms with E-state index in [0.29, 0.717) is 24.5 Å². The average molecular weight is 419 g/mol. The molecule has 3 aromatic rings. The van der Waals surface area contributed by atoms with E-state index in [-0.39, 0.29) is 17.7 Å². The Morgan fingerprint density at radius 1 is 1.26 bits per heavy atom. The van der Waals surface area contributed by atoms with Gasteiger partial charge in [-0.15, -0.1) is 0 Å². The molecule has 4 heterocycles. The normalized spacial score (nSPS) is 22.4. The van der Waals surface area contributed by atoms with Crippen molar-refractivity contribution in [1.29, 1.82) is 0 Å². The van der Waals surface area contributed by atoms with Gasteiger partial charge in [-0.3, -0.25) is 14.3 Å². The molecule has 31 heavy (non-hydrogen) atoms. The molecule has 8 nitrogen and oxygen atoms in total. The molecule has 1 saturated heterocycles. The van der Waals surface area contributed by atoms with Crippen molar-refractivity contribution in [3.8, 4) is 0 Å². The van der Waals surface area contributed by atoms with E-state index in [2.05, 4.69) is 29.2 Å². The fraction of sp³-hybridized carbons (Fsp3) is 0.391. The Morgan fingerprint density at radius 3 is 2.71 bits per heavy atom. The molecule has 5 rings (SSSR count). The number of para-hydroxylation sites is 1. The molecule has 1 N–H and O–H groups in total. The molecule has 8 heteroatoms. The van der Waals surface area contributed by atoms with Crippen molar-refractivity contribution >= 4 is 17.5 Å². The van der Waals surface area contributed by atoms with Crippen molar-refractivity contribution in [1.82, 2.24) is 24.2 Å². The highest BCUT2D eigenvalue weighted by molar-refractivity contribution is 6.08. The molecular weight excluding hydrogens is 392 g/mol. The van der Waals surface area contributed by atoms with Crippen molar-refractivity contribution in [2.24, 2.45) is 14.1 Å². The summed E-state index contributed by atoms with van der Waals surface area (Å²) in [5.74, 6) is 0.702. The Balaban J connectivity index is 1.65. The molecule has 2 aliphatic heterocycles. The van der Waals surface area contributed by atoms with Crippen LogP contribution in [0.2, 0.25) is 0 Å². The number of amides is 2. The van der Waals surface area contributed by atoms with E-state index in [4.69, 9.17) is 0 Å². The van der Waals surface area contributed by atoms with Crippen molar-refractivity contribution < 1.29 is 9.59 Å². The predicted octanol–water partition coefficient (Wildman–Crippen LogP) is 2.75. The summed E-state index contributed by atoms with van der Waals surface area (Å²) < 4.78 is 3.54. The summed E-state index contributed by atoms with van der Waals surface area (Å²) in [6, 6.07) is 9.10. The number of hydrogen-bond acceptors (Lipinski definition) is 4. The van der Waals surface area contributed by atoms with Crippen LogP contribution in [0.4, 0.5) is 5.69 Å².